The van der Waals surface area contributed by atoms with Crippen LogP contribution in [0, 0.1) is 4.77 Å². The van der Waals surface area contributed by atoms with E-state index < -0.39 is 37.7 Å². The smallest absolute Gasteiger partial charge is 0.354 e. The van der Waals surface area contributed by atoms with Gasteiger partial charge in [-0.05, 0) is 32.5 Å². The summed E-state index contributed by atoms with van der Waals surface area (Å²) in [7, 11) is -4.07. The monoisotopic (exact) mass is 471 g/mol. The van der Waals surface area contributed by atoms with Crippen LogP contribution in [0.25, 0.3) is 11.0 Å². The fourth-order valence-corrected chi connectivity index (χ4v) is 4.61. The van der Waals surface area contributed by atoms with Crippen molar-refractivity contribution in [3.8, 4) is 0 Å². The predicted molar refractivity (Wildman–Crippen MR) is 116 cm³/mol. The second-order valence-corrected chi connectivity index (χ2v) is 10.3. The van der Waals surface area contributed by atoms with Gasteiger partial charge < -0.3 is 24.8 Å². The normalized spacial score (nSPS) is 27.7. The van der Waals surface area contributed by atoms with Gasteiger partial charge in [0.25, 0.3) is 0 Å². The number of aliphatic hydroxyl groups excluding tert-OH is 2. The molecule has 0 bridgehead atoms. The second-order valence-electron chi connectivity index (χ2n) is 7.94. The van der Waals surface area contributed by atoms with Crippen molar-refractivity contribution in [2.75, 3.05) is 0 Å². The van der Waals surface area contributed by atoms with E-state index >= 15 is 0 Å². The molecule has 1 fully saturated rings. The molecule has 0 radical (unpaired) electrons. The maximum absolute atomic E-state index is 12.3. The van der Waals surface area contributed by atoms with Gasteiger partial charge in [0.2, 0.25) is 4.77 Å². The zero-order valence-electron chi connectivity index (χ0n) is 17.4. The fourth-order valence-electron chi connectivity index (χ4n) is 3.40. The molecule has 12 heteroatoms. The average Bonchev–Trinajstić information content (AvgIpc) is 2.95. The number of nitrogens with one attached hydrogen (secondary N) is 1. The van der Waals surface area contributed by atoms with Crippen LogP contribution in [0.3, 0.4) is 0 Å². The van der Waals surface area contributed by atoms with E-state index in [1.54, 1.807) is 13.8 Å². The Morgan fingerprint density at radius 1 is 1.48 bits per heavy atom. The lowest BCUT2D eigenvalue weighted by Crippen LogP contribution is -2.38. The lowest BCUT2D eigenvalue weighted by atomic mass is 9.93. The molecule has 6 atom stereocenters. The minimum Gasteiger partial charge on any atom is -0.388 e. The molecule has 2 aromatic heterocycles. The number of rotatable bonds is 7. The number of nitrogens with zero attached hydrogens (tertiary/aromatic N) is 2. The fraction of sp³-hybridized carbons (Fsp3) is 0.526. The van der Waals surface area contributed by atoms with Crippen molar-refractivity contribution in [1.29, 1.82) is 0 Å². The number of allylic oxidation sites excluding steroid dienone is 1. The summed E-state index contributed by atoms with van der Waals surface area (Å²) in [5, 5.41) is 21.5. The number of aliphatic hydroxyl groups is 2. The molecule has 10 nitrogen and oxygen atoms in total. The van der Waals surface area contributed by atoms with Crippen molar-refractivity contribution in [3.05, 3.63) is 45.3 Å². The molecule has 0 amide bonds. The average molecular weight is 471 g/mol. The summed E-state index contributed by atoms with van der Waals surface area (Å²) in [4.78, 5) is 29.2. The number of pyridine rings is 1. The van der Waals surface area contributed by atoms with Crippen LogP contribution in [-0.4, -0.2) is 53.6 Å². The Labute approximate surface area is 183 Å². The molecule has 1 aliphatic rings. The van der Waals surface area contributed by atoms with E-state index in [-0.39, 0.29) is 27.3 Å². The number of aromatic nitrogens is 3. The molecule has 4 N–H and O–H groups in total. The van der Waals surface area contributed by atoms with Gasteiger partial charge in [-0.3, -0.25) is 18.5 Å². The van der Waals surface area contributed by atoms with Crippen LogP contribution in [0.2, 0.25) is 0 Å². The predicted octanol–water partition coefficient (Wildman–Crippen LogP) is 2.37. The largest absolute Gasteiger partial charge is 0.388 e. The summed E-state index contributed by atoms with van der Waals surface area (Å²) in [6.07, 6.45) is -1.50. The third-order valence-electron chi connectivity index (χ3n) is 5.49. The molecule has 3 rings (SSSR count). The highest BCUT2D eigenvalue weighted by molar-refractivity contribution is 7.71. The van der Waals surface area contributed by atoms with E-state index in [0.29, 0.717) is 12.1 Å². The first-order valence-corrected chi connectivity index (χ1v) is 11.7. The minimum absolute atomic E-state index is 0.00302. The van der Waals surface area contributed by atoms with Crippen molar-refractivity contribution in [2.24, 2.45) is 0 Å². The maximum Gasteiger partial charge on any atom is 0.354 e. The molecule has 1 aliphatic heterocycles. The van der Waals surface area contributed by atoms with E-state index in [1.165, 1.54) is 30.0 Å². The molecular formula is C19H26N3O7PS. The standard InChI is InChI=1S/C19H26N3O7PS/c1-5-19(4,29-30(26,27)10(2)3)8-13-14(24)15(25)17(28-13)22-9-11-12(23)6-7-20-16(11)21-18(22)31/h6-7,9,13-15,17,24-25H,2,5,8H2,1,3-4H3,(H,26,27)(H,20,21,31). The van der Waals surface area contributed by atoms with Crippen molar-refractivity contribution in [3.63, 3.8) is 0 Å². The zero-order valence-corrected chi connectivity index (χ0v) is 19.1. The lowest BCUT2D eigenvalue weighted by Gasteiger charge is -2.33. The number of H-pyrrole nitrogens is 1. The molecule has 3 heterocycles. The molecule has 0 saturated carbocycles. The first-order chi connectivity index (χ1) is 14.4. The third kappa shape index (κ3) is 4.73. The Morgan fingerprint density at radius 2 is 2.16 bits per heavy atom. The van der Waals surface area contributed by atoms with Crippen LogP contribution in [0.5, 0.6) is 0 Å². The quantitative estimate of drug-likeness (QED) is 0.353. The Morgan fingerprint density at radius 3 is 2.77 bits per heavy atom. The van der Waals surface area contributed by atoms with Crippen molar-refractivity contribution < 1.29 is 28.9 Å². The van der Waals surface area contributed by atoms with Gasteiger partial charge in [-0.15, -0.1) is 0 Å². The summed E-state index contributed by atoms with van der Waals surface area (Å²) in [5.41, 5.74) is -1.13. The number of ether oxygens (including phenoxy) is 1. The Balaban J connectivity index is 1.90. The highest BCUT2D eigenvalue weighted by Crippen LogP contribution is 2.54. The molecule has 1 saturated heterocycles. The Hall–Kier alpha value is -1.72. The number of aromatic amines is 1. The van der Waals surface area contributed by atoms with Gasteiger partial charge in [-0.1, -0.05) is 13.5 Å². The van der Waals surface area contributed by atoms with Crippen molar-refractivity contribution in [1.82, 2.24) is 14.5 Å². The molecule has 0 aliphatic carbocycles. The first kappa shape index (κ1) is 23.9. The van der Waals surface area contributed by atoms with Crippen molar-refractivity contribution >= 4 is 30.8 Å². The zero-order chi connectivity index (χ0) is 23.1. The summed E-state index contributed by atoms with van der Waals surface area (Å²) in [6.45, 7) is 8.27. The number of fused-ring (bicyclic) bond motifs is 1. The molecule has 2 aromatic rings. The molecule has 170 valence electrons. The van der Waals surface area contributed by atoms with Crippen molar-refractivity contribution in [2.45, 2.75) is 63.8 Å². The highest BCUT2D eigenvalue weighted by atomic mass is 32.1. The summed E-state index contributed by atoms with van der Waals surface area (Å²) < 4.78 is 25.0. The van der Waals surface area contributed by atoms with Crippen LogP contribution in [0.4, 0.5) is 0 Å². The van der Waals surface area contributed by atoms with Crippen LogP contribution in [0.15, 0.2) is 35.1 Å². The van der Waals surface area contributed by atoms with Gasteiger partial charge in [0.15, 0.2) is 11.7 Å². The van der Waals surface area contributed by atoms with Gasteiger partial charge in [0.1, 0.15) is 17.9 Å². The van der Waals surface area contributed by atoms with E-state index in [1.807, 2.05) is 0 Å². The third-order valence-corrected chi connectivity index (χ3v) is 7.45. The summed E-state index contributed by atoms with van der Waals surface area (Å²) >= 11 is 5.28. The van der Waals surface area contributed by atoms with Gasteiger partial charge in [-0.25, -0.2) is 4.98 Å². The number of hydrogen-bond donors (Lipinski definition) is 4. The Bertz CT molecular complexity index is 1170. The van der Waals surface area contributed by atoms with Crippen LogP contribution < -0.4 is 5.43 Å². The van der Waals surface area contributed by atoms with E-state index in [4.69, 9.17) is 21.5 Å². The van der Waals surface area contributed by atoms with Gasteiger partial charge in [0.05, 0.1) is 17.1 Å². The molecule has 6 unspecified atom stereocenters. The maximum atomic E-state index is 12.3. The highest BCUT2D eigenvalue weighted by Gasteiger charge is 2.47. The van der Waals surface area contributed by atoms with Crippen LogP contribution >= 0.6 is 19.8 Å². The van der Waals surface area contributed by atoms with E-state index in [2.05, 4.69) is 16.5 Å². The number of hydrogen-bond acceptors (Lipinski definition) is 8. The van der Waals surface area contributed by atoms with E-state index in [0.717, 1.165) is 0 Å². The molecule has 31 heavy (non-hydrogen) atoms. The topological polar surface area (TPSA) is 147 Å². The molecule has 0 spiro atoms. The second kappa shape index (κ2) is 8.67. The first-order valence-electron chi connectivity index (χ1n) is 9.70. The minimum atomic E-state index is -4.07. The lowest BCUT2D eigenvalue weighted by molar-refractivity contribution is -0.0667. The Kier molecular flexibility index (Phi) is 6.69. The summed E-state index contributed by atoms with van der Waals surface area (Å²) in [5.74, 6) is 0. The summed E-state index contributed by atoms with van der Waals surface area (Å²) in [6, 6.07) is 1.33. The van der Waals surface area contributed by atoms with Crippen LogP contribution in [-0.2, 0) is 13.8 Å². The molecule has 0 aromatic carbocycles. The SMILES string of the molecule is C=C(C)P(=O)(O)OC(C)(CC)CC1OC(n2cc3c(=O)cc[nH]c3nc2=S)C(O)C1O. The van der Waals surface area contributed by atoms with Gasteiger partial charge in [-0.2, -0.15) is 0 Å². The molecular weight excluding hydrogens is 445 g/mol. The van der Waals surface area contributed by atoms with Crippen LogP contribution in [0.1, 0.15) is 39.8 Å². The van der Waals surface area contributed by atoms with Gasteiger partial charge >= 0.3 is 7.60 Å². The van der Waals surface area contributed by atoms with E-state index in [9.17, 15) is 24.5 Å². The van der Waals surface area contributed by atoms with Gasteiger partial charge in [0, 0.05) is 30.2 Å².